The Hall–Kier alpha value is -3.85. The number of amides is 2. The summed E-state index contributed by atoms with van der Waals surface area (Å²) in [6, 6.07) is 20.2. The van der Waals surface area contributed by atoms with Gasteiger partial charge in [0.2, 0.25) is 11.8 Å². The smallest absolute Gasteiger partial charge is 0.264 e. The molecule has 0 radical (unpaired) electrons. The van der Waals surface area contributed by atoms with Crippen LogP contribution >= 0.6 is 0 Å². The van der Waals surface area contributed by atoms with Gasteiger partial charge in [0.15, 0.2) is 0 Å². The maximum Gasteiger partial charge on any atom is 0.264 e. The summed E-state index contributed by atoms with van der Waals surface area (Å²) in [6.45, 7) is 11.4. The standard InChI is InChI=1S/C34H45N3O5S/c1-8-26(6)35-34(39)32(9-2)36(22-27-12-18-30(42-7)19-13-27)33(38)23-37(29-16-14-28(15-17-29)24(3)4)43(40,41)31-20-10-25(5)11-21-31/h10-21,24,26,32H,8-9,22-23H2,1-7H3,(H,35,39)/t26-,32+/m1/s1. The number of nitrogens with zero attached hydrogens (tertiary/aromatic N) is 2. The Bertz CT molecular complexity index is 1450. The zero-order chi connectivity index (χ0) is 31.7. The second-order valence-corrected chi connectivity index (χ2v) is 13.0. The van der Waals surface area contributed by atoms with Gasteiger partial charge in [0, 0.05) is 12.6 Å². The maximum atomic E-state index is 14.2. The van der Waals surface area contributed by atoms with Gasteiger partial charge in [-0.1, -0.05) is 69.7 Å². The van der Waals surface area contributed by atoms with E-state index in [4.69, 9.17) is 4.74 Å². The number of sulfonamides is 1. The molecule has 0 bridgehead atoms. The molecule has 2 amide bonds. The molecule has 0 aliphatic rings. The van der Waals surface area contributed by atoms with Crippen LogP contribution in [0.3, 0.4) is 0 Å². The van der Waals surface area contributed by atoms with E-state index >= 15 is 0 Å². The van der Waals surface area contributed by atoms with Gasteiger partial charge in [0.05, 0.1) is 17.7 Å². The lowest BCUT2D eigenvalue weighted by Crippen LogP contribution is -2.53. The number of hydrogen-bond donors (Lipinski definition) is 1. The van der Waals surface area contributed by atoms with Crippen LogP contribution in [0.25, 0.3) is 0 Å². The molecule has 3 rings (SSSR count). The van der Waals surface area contributed by atoms with Gasteiger partial charge < -0.3 is 15.0 Å². The predicted octanol–water partition coefficient (Wildman–Crippen LogP) is 6.04. The Kier molecular flexibility index (Phi) is 11.8. The molecular formula is C34H45N3O5S. The average molecular weight is 608 g/mol. The molecule has 2 atom stereocenters. The third-order valence-electron chi connectivity index (χ3n) is 7.63. The van der Waals surface area contributed by atoms with Gasteiger partial charge >= 0.3 is 0 Å². The van der Waals surface area contributed by atoms with Crippen LogP contribution in [-0.2, 0) is 26.2 Å². The molecule has 0 aromatic heterocycles. The molecule has 0 saturated heterocycles. The maximum absolute atomic E-state index is 14.2. The van der Waals surface area contributed by atoms with Gasteiger partial charge in [-0.25, -0.2) is 8.42 Å². The van der Waals surface area contributed by atoms with Crippen molar-refractivity contribution in [2.45, 2.75) is 83.8 Å². The minimum Gasteiger partial charge on any atom is -0.497 e. The molecule has 3 aromatic carbocycles. The van der Waals surface area contributed by atoms with Crippen LogP contribution in [0, 0.1) is 6.92 Å². The highest BCUT2D eigenvalue weighted by Crippen LogP contribution is 2.27. The number of carbonyl (C=O) groups is 2. The highest BCUT2D eigenvalue weighted by molar-refractivity contribution is 7.92. The number of aryl methyl sites for hydroxylation is 1. The lowest BCUT2D eigenvalue weighted by Gasteiger charge is -2.33. The van der Waals surface area contributed by atoms with Gasteiger partial charge in [-0.2, -0.15) is 0 Å². The van der Waals surface area contributed by atoms with Crippen molar-refractivity contribution in [1.29, 1.82) is 0 Å². The fourth-order valence-corrected chi connectivity index (χ4v) is 6.09. The second-order valence-electron chi connectivity index (χ2n) is 11.2. The first-order valence-electron chi connectivity index (χ1n) is 14.8. The molecule has 0 fully saturated rings. The number of methoxy groups -OCH3 is 1. The molecule has 0 aliphatic carbocycles. The van der Waals surface area contributed by atoms with E-state index in [9.17, 15) is 18.0 Å². The summed E-state index contributed by atoms with van der Waals surface area (Å²) in [5.74, 6) is 0.175. The van der Waals surface area contributed by atoms with Crippen molar-refractivity contribution in [2.75, 3.05) is 18.0 Å². The third kappa shape index (κ3) is 8.60. The zero-order valence-electron chi connectivity index (χ0n) is 26.3. The summed E-state index contributed by atoms with van der Waals surface area (Å²) in [5.41, 5.74) is 3.14. The van der Waals surface area contributed by atoms with Crippen molar-refractivity contribution in [2.24, 2.45) is 0 Å². The lowest BCUT2D eigenvalue weighted by molar-refractivity contribution is -0.140. The third-order valence-corrected chi connectivity index (χ3v) is 9.42. The molecule has 8 nitrogen and oxygen atoms in total. The highest BCUT2D eigenvalue weighted by atomic mass is 32.2. The van der Waals surface area contributed by atoms with Crippen molar-refractivity contribution in [3.05, 3.63) is 89.5 Å². The SMILES string of the molecule is CC[C@@H](C)NC(=O)[C@H](CC)N(Cc1ccc(OC)cc1)C(=O)CN(c1ccc(C(C)C)cc1)S(=O)(=O)c1ccc(C)cc1. The lowest BCUT2D eigenvalue weighted by atomic mass is 10.0. The normalized spacial score (nSPS) is 12.8. The van der Waals surface area contributed by atoms with Gasteiger partial charge in [-0.3, -0.25) is 13.9 Å². The minimum atomic E-state index is -4.12. The summed E-state index contributed by atoms with van der Waals surface area (Å²) in [4.78, 5) is 29.2. The average Bonchev–Trinajstić information content (AvgIpc) is 3.00. The van der Waals surface area contributed by atoms with Gasteiger partial charge in [-0.05, 0) is 80.1 Å². The van der Waals surface area contributed by atoms with Crippen molar-refractivity contribution in [3.8, 4) is 5.75 Å². The van der Waals surface area contributed by atoms with E-state index in [-0.39, 0.29) is 29.3 Å². The van der Waals surface area contributed by atoms with E-state index in [0.717, 1.165) is 27.4 Å². The molecule has 232 valence electrons. The fourth-order valence-electron chi connectivity index (χ4n) is 4.68. The molecule has 0 saturated carbocycles. The largest absolute Gasteiger partial charge is 0.497 e. The Morgan fingerprint density at radius 2 is 1.47 bits per heavy atom. The minimum absolute atomic E-state index is 0.0719. The van der Waals surface area contributed by atoms with Crippen LogP contribution in [0.5, 0.6) is 5.75 Å². The van der Waals surface area contributed by atoms with Crippen LogP contribution in [0.4, 0.5) is 5.69 Å². The molecular weight excluding hydrogens is 562 g/mol. The molecule has 1 N–H and O–H groups in total. The molecule has 0 unspecified atom stereocenters. The van der Waals surface area contributed by atoms with E-state index in [0.29, 0.717) is 17.9 Å². The topological polar surface area (TPSA) is 96.0 Å². The van der Waals surface area contributed by atoms with Crippen molar-refractivity contribution in [3.63, 3.8) is 0 Å². The van der Waals surface area contributed by atoms with Crippen molar-refractivity contribution in [1.82, 2.24) is 10.2 Å². The van der Waals surface area contributed by atoms with Crippen molar-refractivity contribution >= 4 is 27.5 Å². The molecule has 9 heteroatoms. The number of rotatable bonds is 14. The number of benzene rings is 3. The molecule has 3 aromatic rings. The van der Waals surface area contributed by atoms with E-state index in [2.05, 4.69) is 19.2 Å². The summed E-state index contributed by atoms with van der Waals surface area (Å²) in [7, 11) is -2.54. The first kappa shape index (κ1) is 33.6. The van der Waals surface area contributed by atoms with E-state index in [1.807, 2.05) is 52.0 Å². The Morgan fingerprint density at radius 3 is 1.98 bits per heavy atom. The number of ether oxygens (including phenoxy) is 1. The van der Waals surface area contributed by atoms with Crippen LogP contribution in [0.2, 0.25) is 0 Å². The van der Waals surface area contributed by atoms with E-state index < -0.39 is 28.5 Å². The number of nitrogens with one attached hydrogen (secondary N) is 1. The quantitative estimate of drug-likeness (QED) is 0.241. The molecule has 0 aliphatic heterocycles. The monoisotopic (exact) mass is 607 g/mol. The number of hydrogen-bond acceptors (Lipinski definition) is 5. The van der Waals surface area contributed by atoms with Crippen LogP contribution < -0.4 is 14.4 Å². The first-order chi connectivity index (χ1) is 20.4. The van der Waals surface area contributed by atoms with Crippen molar-refractivity contribution < 1.29 is 22.7 Å². The Balaban J connectivity index is 2.07. The van der Waals surface area contributed by atoms with Gasteiger partial charge in [0.1, 0.15) is 18.3 Å². The van der Waals surface area contributed by atoms with Crippen LogP contribution in [0.15, 0.2) is 77.7 Å². The predicted molar refractivity (Wildman–Crippen MR) is 172 cm³/mol. The highest BCUT2D eigenvalue weighted by Gasteiger charge is 2.34. The first-order valence-corrected chi connectivity index (χ1v) is 16.3. The zero-order valence-corrected chi connectivity index (χ0v) is 27.1. The Morgan fingerprint density at radius 1 is 0.860 bits per heavy atom. The summed E-state index contributed by atoms with van der Waals surface area (Å²) < 4.78 is 34.6. The van der Waals surface area contributed by atoms with Crippen LogP contribution in [0.1, 0.15) is 70.1 Å². The van der Waals surface area contributed by atoms with Crippen LogP contribution in [-0.4, -0.2) is 50.9 Å². The Labute approximate surface area is 257 Å². The summed E-state index contributed by atoms with van der Waals surface area (Å²) in [5, 5.41) is 3.00. The molecule has 0 heterocycles. The van der Waals surface area contributed by atoms with Gasteiger partial charge in [0.25, 0.3) is 10.0 Å². The van der Waals surface area contributed by atoms with E-state index in [1.54, 1.807) is 55.6 Å². The molecule has 43 heavy (non-hydrogen) atoms. The fraction of sp³-hybridized carbons (Fsp3) is 0.412. The van der Waals surface area contributed by atoms with E-state index in [1.165, 1.54) is 4.90 Å². The molecule has 0 spiro atoms. The number of carbonyl (C=O) groups excluding carboxylic acids is 2. The summed E-state index contributed by atoms with van der Waals surface area (Å²) in [6.07, 6.45) is 1.10. The number of anilines is 1. The summed E-state index contributed by atoms with van der Waals surface area (Å²) >= 11 is 0. The van der Waals surface area contributed by atoms with Gasteiger partial charge in [-0.15, -0.1) is 0 Å². The second kappa shape index (κ2) is 15.0.